The first-order chi connectivity index (χ1) is 26.1. The van der Waals surface area contributed by atoms with E-state index in [2.05, 4.69) is 147 Å². The molecule has 1 aliphatic heterocycles. The molecule has 0 aromatic heterocycles. The average Bonchev–Trinajstić information content (AvgIpc) is 3.55. The minimum absolute atomic E-state index is 0.182. The Morgan fingerprint density at radius 3 is 1.13 bits per heavy atom. The molecule has 0 bridgehead atoms. The van der Waals surface area contributed by atoms with E-state index in [1.54, 1.807) is 0 Å². The molecule has 1 heterocycles. The third-order valence-electron chi connectivity index (χ3n) is 11.4. The molecule has 0 saturated carbocycles. The van der Waals surface area contributed by atoms with Crippen LogP contribution in [-0.2, 0) is 0 Å². The molecule has 0 spiro atoms. The predicted molar refractivity (Wildman–Crippen MR) is 219 cm³/mol. The molecule has 3 nitrogen and oxygen atoms in total. The Hall–Kier alpha value is -6.06. The van der Waals surface area contributed by atoms with Gasteiger partial charge in [0, 0.05) is 23.1 Å². The molecule has 3 heteroatoms. The Bertz CT molecular complexity index is 2360. The van der Waals surface area contributed by atoms with Gasteiger partial charge in [-0.15, -0.1) is 0 Å². The van der Waals surface area contributed by atoms with Crippen molar-refractivity contribution in [2.24, 2.45) is 5.92 Å². The first-order valence-corrected chi connectivity index (χ1v) is 19.0. The number of benzene rings is 7. The molecule has 2 aliphatic rings. The van der Waals surface area contributed by atoms with Gasteiger partial charge in [0.15, 0.2) is 0 Å². The molecule has 7 aromatic carbocycles. The molecule has 7 aromatic rings. The van der Waals surface area contributed by atoms with Crippen molar-refractivity contribution >= 4 is 22.6 Å². The highest BCUT2D eigenvalue weighted by Gasteiger charge is 2.39. The van der Waals surface area contributed by atoms with E-state index in [1.807, 2.05) is 12.1 Å². The first-order valence-electron chi connectivity index (χ1n) is 19.0. The lowest BCUT2D eigenvalue weighted by Gasteiger charge is -2.30. The Balaban J connectivity index is 1.41. The smallest absolute Gasteiger partial charge is 0.261 e. The van der Waals surface area contributed by atoms with Crippen LogP contribution in [0.1, 0.15) is 60.2 Å². The number of hydrogen-bond acceptors (Lipinski definition) is 2. The second kappa shape index (κ2) is 13.5. The number of unbranched alkanes of at least 4 members (excludes halogenated alkanes) is 1. The molecule has 1 atom stereocenters. The highest BCUT2D eigenvalue weighted by molar-refractivity contribution is 6.33. The van der Waals surface area contributed by atoms with Gasteiger partial charge in [-0.2, -0.15) is 0 Å². The van der Waals surface area contributed by atoms with Gasteiger partial charge in [0.2, 0.25) is 0 Å². The van der Waals surface area contributed by atoms with E-state index in [1.165, 1.54) is 4.90 Å². The number of nitrogens with zero attached hydrogens (tertiary/aromatic N) is 1. The summed E-state index contributed by atoms with van der Waals surface area (Å²) in [5.41, 5.74) is 14.8. The second-order valence-electron chi connectivity index (χ2n) is 14.4. The Morgan fingerprint density at radius 1 is 0.434 bits per heavy atom. The summed E-state index contributed by atoms with van der Waals surface area (Å²) >= 11 is 0. The van der Waals surface area contributed by atoms with Crippen LogP contribution in [0.15, 0.2) is 146 Å². The minimum atomic E-state index is -0.182. The van der Waals surface area contributed by atoms with E-state index >= 15 is 0 Å². The van der Waals surface area contributed by atoms with Crippen molar-refractivity contribution in [1.29, 1.82) is 0 Å². The van der Waals surface area contributed by atoms with Crippen molar-refractivity contribution in [3.8, 4) is 66.8 Å². The van der Waals surface area contributed by atoms with Crippen LogP contribution < -0.4 is 0 Å². The summed E-state index contributed by atoms with van der Waals surface area (Å²) in [6, 6.07) is 51.1. The lowest BCUT2D eigenvalue weighted by molar-refractivity contribution is 0.0580. The molecule has 0 saturated heterocycles. The fourth-order valence-corrected chi connectivity index (χ4v) is 8.86. The summed E-state index contributed by atoms with van der Waals surface area (Å²) in [6.45, 7) is 4.80. The summed E-state index contributed by atoms with van der Waals surface area (Å²) in [5, 5.41) is 1.78. The fraction of sp³-hybridized carbons (Fsp3) is 0.160. The van der Waals surface area contributed by atoms with Crippen LogP contribution in [0.2, 0.25) is 0 Å². The number of fused-ring (bicyclic) bond motifs is 3. The van der Waals surface area contributed by atoms with Gasteiger partial charge in [0.1, 0.15) is 0 Å². The highest BCUT2D eigenvalue weighted by atomic mass is 16.2. The van der Waals surface area contributed by atoms with Gasteiger partial charge in [-0.05, 0) is 96.6 Å². The second-order valence-corrected chi connectivity index (χ2v) is 14.4. The van der Waals surface area contributed by atoms with Crippen LogP contribution >= 0.6 is 0 Å². The SMILES string of the molecule is CCCCC(CC)CN1C(=O)c2ccc3c4c(ccc(c24)C1=O)-c1c(-c2ccccc2)c(-c2ccccc2)c(-c2ccccc2)c(-c2ccccc2)c1-3. The zero-order valence-electron chi connectivity index (χ0n) is 30.2. The lowest BCUT2D eigenvalue weighted by atomic mass is 9.76. The van der Waals surface area contributed by atoms with Gasteiger partial charge in [-0.25, -0.2) is 0 Å². The van der Waals surface area contributed by atoms with Crippen molar-refractivity contribution in [3.05, 3.63) is 157 Å². The largest absolute Gasteiger partial charge is 0.274 e. The zero-order chi connectivity index (χ0) is 36.1. The summed E-state index contributed by atoms with van der Waals surface area (Å²) in [6.07, 6.45) is 4.14. The minimum Gasteiger partial charge on any atom is -0.274 e. The van der Waals surface area contributed by atoms with E-state index < -0.39 is 0 Å². The molecule has 0 N–H and O–H groups in total. The molecule has 0 radical (unpaired) electrons. The highest BCUT2D eigenvalue weighted by Crippen LogP contribution is 2.61. The van der Waals surface area contributed by atoms with Crippen molar-refractivity contribution in [2.75, 3.05) is 6.54 Å². The molecule has 1 aliphatic carbocycles. The maximum atomic E-state index is 14.4. The maximum absolute atomic E-state index is 14.4. The monoisotopic (exact) mass is 687 g/mol. The van der Waals surface area contributed by atoms with E-state index in [0.29, 0.717) is 17.7 Å². The van der Waals surface area contributed by atoms with Crippen LogP contribution in [-0.4, -0.2) is 23.3 Å². The Kier molecular flexibility index (Phi) is 8.35. The van der Waals surface area contributed by atoms with Crippen LogP contribution in [0, 0.1) is 5.92 Å². The van der Waals surface area contributed by atoms with Crippen LogP contribution in [0.25, 0.3) is 77.5 Å². The third-order valence-corrected chi connectivity index (χ3v) is 11.4. The molecule has 2 amide bonds. The van der Waals surface area contributed by atoms with E-state index in [9.17, 15) is 9.59 Å². The predicted octanol–water partition coefficient (Wildman–Crippen LogP) is 13.0. The molecule has 0 fully saturated rings. The average molecular weight is 688 g/mol. The van der Waals surface area contributed by atoms with Crippen molar-refractivity contribution in [3.63, 3.8) is 0 Å². The number of hydrogen-bond donors (Lipinski definition) is 0. The molecule has 1 unspecified atom stereocenters. The Morgan fingerprint density at radius 2 is 0.774 bits per heavy atom. The van der Waals surface area contributed by atoms with Crippen molar-refractivity contribution in [2.45, 2.75) is 39.5 Å². The van der Waals surface area contributed by atoms with Gasteiger partial charge in [0.25, 0.3) is 11.8 Å². The Labute approximate surface area is 311 Å². The first kappa shape index (κ1) is 32.8. The normalized spacial score (nSPS) is 13.4. The summed E-state index contributed by atoms with van der Waals surface area (Å²) in [4.78, 5) is 30.4. The van der Waals surface area contributed by atoms with E-state index in [-0.39, 0.29) is 17.7 Å². The molecule has 9 rings (SSSR count). The van der Waals surface area contributed by atoms with Gasteiger partial charge < -0.3 is 0 Å². The fourth-order valence-electron chi connectivity index (χ4n) is 8.86. The van der Waals surface area contributed by atoms with Crippen LogP contribution in [0.5, 0.6) is 0 Å². The van der Waals surface area contributed by atoms with Crippen molar-refractivity contribution in [1.82, 2.24) is 4.90 Å². The summed E-state index contributed by atoms with van der Waals surface area (Å²) in [5.74, 6) is -0.0784. The van der Waals surface area contributed by atoms with Crippen molar-refractivity contribution < 1.29 is 9.59 Å². The quantitative estimate of drug-likeness (QED) is 0.134. The number of carbonyl (C=O) groups is 2. The summed E-state index contributed by atoms with van der Waals surface area (Å²) < 4.78 is 0. The van der Waals surface area contributed by atoms with Crippen LogP contribution in [0.3, 0.4) is 0 Å². The molecular weight excluding hydrogens is 647 g/mol. The molecular formula is C50H41NO2. The van der Waals surface area contributed by atoms with Gasteiger partial charge >= 0.3 is 0 Å². The zero-order valence-corrected chi connectivity index (χ0v) is 30.2. The van der Waals surface area contributed by atoms with Gasteiger partial charge in [0.05, 0.1) is 0 Å². The lowest BCUT2D eigenvalue weighted by Crippen LogP contribution is -2.43. The van der Waals surface area contributed by atoms with Gasteiger partial charge in [-0.1, -0.05) is 167 Å². The molecule has 258 valence electrons. The van der Waals surface area contributed by atoms with E-state index in [0.717, 1.165) is 103 Å². The number of imide groups is 1. The number of rotatable bonds is 10. The molecule has 53 heavy (non-hydrogen) atoms. The topological polar surface area (TPSA) is 37.4 Å². The summed E-state index contributed by atoms with van der Waals surface area (Å²) in [7, 11) is 0. The standard InChI is InChI=1S/C50H41NO2/c1-3-5-18-32(4-2)31-51-49(52)39-29-27-37-45-38(28-30-40(46(39)45)50(51)53)48-44(36-25-16-9-17-26-36)42(34-21-12-7-13-22-34)41(33-19-10-6-11-20-33)43(47(37)48)35-23-14-8-15-24-35/h6-17,19-30,32H,3-5,18,31H2,1-2H3. The van der Waals surface area contributed by atoms with Crippen LogP contribution in [0.4, 0.5) is 0 Å². The number of amides is 2. The third kappa shape index (κ3) is 5.25. The van der Waals surface area contributed by atoms with Gasteiger partial charge in [-0.3, -0.25) is 14.5 Å². The van der Waals surface area contributed by atoms with E-state index in [4.69, 9.17) is 0 Å². The maximum Gasteiger partial charge on any atom is 0.261 e. The number of carbonyl (C=O) groups excluding carboxylic acids is 2.